The summed E-state index contributed by atoms with van der Waals surface area (Å²) >= 11 is 0. The molecule has 0 fully saturated rings. The van der Waals surface area contributed by atoms with Crippen molar-refractivity contribution in [1.82, 2.24) is 4.72 Å². The van der Waals surface area contributed by atoms with Crippen LogP contribution in [-0.4, -0.2) is 15.5 Å². The van der Waals surface area contributed by atoms with Crippen molar-refractivity contribution in [3.63, 3.8) is 0 Å². The molecule has 0 amide bonds. The summed E-state index contributed by atoms with van der Waals surface area (Å²) in [5.74, 6) is -0.403. The van der Waals surface area contributed by atoms with Gasteiger partial charge < -0.3 is 4.74 Å². The first-order chi connectivity index (χ1) is 10.7. The van der Waals surface area contributed by atoms with Crippen LogP contribution in [-0.2, 0) is 10.0 Å². The molecule has 0 radical (unpaired) electrons. The van der Waals surface area contributed by atoms with Crippen molar-refractivity contribution in [1.29, 1.82) is 0 Å². The van der Waals surface area contributed by atoms with Gasteiger partial charge in [0.2, 0.25) is 10.0 Å². The minimum Gasteiger partial charge on any atom is -0.494 e. The third kappa shape index (κ3) is 3.89. The van der Waals surface area contributed by atoms with Gasteiger partial charge in [0, 0.05) is 6.04 Å². The SMILES string of the molecule is COc1ccc(C(C)NS(=O)(=O)c2ccc(C)c(C)c2)cc1F. The van der Waals surface area contributed by atoms with Gasteiger partial charge in [-0.25, -0.2) is 17.5 Å². The lowest BCUT2D eigenvalue weighted by Gasteiger charge is -2.16. The quantitative estimate of drug-likeness (QED) is 0.908. The zero-order valence-electron chi connectivity index (χ0n) is 13.6. The lowest BCUT2D eigenvalue weighted by molar-refractivity contribution is 0.386. The average molecular weight is 337 g/mol. The number of methoxy groups -OCH3 is 1. The van der Waals surface area contributed by atoms with E-state index in [1.54, 1.807) is 31.2 Å². The van der Waals surface area contributed by atoms with E-state index in [9.17, 15) is 12.8 Å². The molecule has 0 spiro atoms. The Morgan fingerprint density at radius 3 is 2.35 bits per heavy atom. The van der Waals surface area contributed by atoms with E-state index in [0.717, 1.165) is 11.1 Å². The monoisotopic (exact) mass is 337 g/mol. The zero-order valence-corrected chi connectivity index (χ0v) is 14.4. The lowest BCUT2D eigenvalue weighted by Crippen LogP contribution is -2.27. The predicted molar refractivity (Wildman–Crippen MR) is 87.6 cm³/mol. The molecule has 4 nitrogen and oxygen atoms in total. The first-order valence-electron chi connectivity index (χ1n) is 7.17. The highest BCUT2D eigenvalue weighted by atomic mass is 32.2. The van der Waals surface area contributed by atoms with Gasteiger partial charge in [-0.1, -0.05) is 12.1 Å². The van der Waals surface area contributed by atoms with Crippen LogP contribution in [0.15, 0.2) is 41.3 Å². The van der Waals surface area contributed by atoms with E-state index in [4.69, 9.17) is 4.74 Å². The Kier molecular flexibility index (Phi) is 5.06. The van der Waals surface area contributed by atoms with Gasteiger partial charge in [-0.15, -0.1) is 0 Å². The van der Waals surface area contributed by atoms with Gasteiger partial charge in [-0.3, -0.25) is 0 Å². The highest BCUT2D eigenvalue weighted by Crippen LogP contribution is 2.23. The number of hydrogen-bond acceptors (Lipinski definition) is 3. The number of aryl methyl sites for hydroxylation is 2. The van der Waals surface area contributed by atoms with Crippen LogP contribution >= 0.6 is 0 Å². The minimum absolute atomic E-state index is 0.123. The van der Waals surface area contributed by atoms with Gasteiger partial charge in [0.25, 0.3) is 0 Å². The van der Waals surface area contributed by atoms with E-state index in [2.05, 4.69) is 4.72 Å². The van der Waals surface area contributed by atoms with Crippen molar-refractivity contribution in [2.24, 2.45) is 0 Å². The van der Waals surface area contributed by atoms with Crippen molar-refractivity contribution in [3.8, 4) is 5.75 Å². The minimum atomic E-state index is -3.68. The molecule has 0 aliphatic carbocycles. The summed E-state index contributed by atoms with van der Waals surface area (Å²) in [4.78, 5) is 0.196. The number of nitrogens with one attached hydrogen (secondary N) is 1. The van der Waals surface area contributed by atoms with Crippen LogP contribution in [0.5, 0.6) is 5.75 Å². The molecule has 0 aliphatic heterocycles. The van der Waals surface area contributed by atoms with Crippen LogP contribution in [0.25, 0.3) is 0 Å². The molecule has 0 aromatic heterocycles. The Balaban J connectivity index is 2.25. The van der Waals surface area contributed by atoms with Gasteiger partial charge in [0.15, 0.2) is 11.6 Å². The fourth-order valence-electron chi connectivity index (χ4n) is 2.20. The van der Waals surface area contributed by atoms with E-state index in [0.29, 0.717) is 5.56 Å². The van der Waals surface area contributed by atoms with E-state index in [1.807, 2.05) is 13.8 Å². The molecule has 0 heterocycles. The van der Waals surface area contributed by atoms with Crippen LogP contribution in [0.4, 0.5) is 4.39 Å². The van der Waals surface area contributed by atoms with E-state index in [1.165, 1.54) is 19.2 Å². The van der Waals surface area contributed by atoms with Crippen LogP contribution in [0.1, 0.15) is 29.7 Å². The second-order valence-electron chi connectivity index (χ2n) is 5.48. The molecule has 1 atom stereocenters. The van der Waals surface area contributed by atoms with Crippen molar-refractivity contribution in [3.05, 3.63) is 58.9 Å². The molecular weight excluding hydrogens is 317 g/mol. The molecule has 0 saturated heterocycles. The maximum atomic E-state index is 13.8. The largest absolute Gasteiger partial charge is 0.494 e. The smallest absolute Gasteiger partial charge is 0.241 e. The Morgan fingerprint density at radius 2 is 1.78 bits per heavy atom. The Morgan fingerprint density at radius 1 is 1.09 bits per heavy atom. The van der Waals surface area contributed by atoms with Crippen molar-refractivity contribution < 1.29 is 17.5 Å². The second-order valence-corrected chi connectivity index (χ2v) is 7.20. The van der Waals surface area contributed by atoms with Gasteiger partial charge in [-0.05, 0) is 61.7 Å². The molecule has 124 valence electrons. The number of ether oxygens (including phenoxy) is 1. The summed E-state index contributed by atoms with van der Waals surface area (Å²) in [6.07, 6.45) is 0. The standard InChI is InChI=1S/C17H20FNO3S/c1-11-5-7-15(9-12(11)2)23(20,21)19-13(3)14-6-8-17(22-4)16(18)10-14/h5-10,13,19H,1-4H3. The van der Waals surface area contributed by atoms with Gasteiger partial charge in [-0.2, -0.15) is 0 Å². The van der Waals surface area contributed by atoms with E-state index >= 15 is 0 Å². The molecule has 2 aromatic carbocycles. The Labute approximate surface area is 136 Å². The fourth-order valence-corrected chi connectivity index (χ4v) is 3.52. The number of halogens is 1. The highest BCUT2D eigenvalue weighted by Gasteiger charge is 2.19. The molecule has 1 N–H and O–H groups in total. The molecule has 0 saturated carbocycles. The number of benzene rings is 2. The third-order valence-corrected chi connectivity index (χ3v) is 5.33. The Bertz CT molecular complexity index is 819. The molecule has 0 bridgehead atoms. The fraction of sp³-hybridized carbons (Fsp3) is 0.294. The van der Waals surface area contributed by atoms with E-state index in [-0.39, 0.29) is 10.6 Å². The normalized spacial score (nSPS) is 12.9. The maximum absolute atomic E-state index is 13.8. The molecule has 2 rings (SSSR count). The maximum Gasteiger partial charge on any atom is 0.241 e. The summed E-state index contributed by atoms with van der Waals surface area (Å²) in [7, 11) is -2.30. The summed E-state index contributed by atoms with van der Waals surface area (Å²) in [5, 5.41) is 0. The summed E-state index contributed by atoms with van der Waals surface area (Å²) in [6.45, 7) is 5.44. The first kappa shape index (κ1) is 17.4. The summed E-state index contributed by atoms with van der Waals surface area (Å²) in [6, 6.07) is 8.77. The predicted octanol–water partition coefficient (Wildman–Crippen LogP) is 3.49. The number of sulfonamides is 1. The number of hydrogen-bond donors (Lipinski definition) is 1. The molecule has 23 heavy (non-hydrogen) atoms. The van der Waals surface area contributed by atoms with Gasteiger partial charge in [0.1, 0.15) is 0 Å². The van der Waals surface area contributed by atoms with Crippen molar-refractivity contribution in [2.45, 2.75) is 31.7 Å². The van der Waals surface area contributed by atoms with Crippen molar-refractivity contribution >= 4 is 10.0 Å². The summed E-state index contributed by atoms with van der Waals surface area (Å²) < 4.78 is 46.1. The molecule has 2 aromatic rings. The average Bonchev–Trinajstić information content (AvgIpc) is 2.49. The third-order valence-electron chi connectivity index (χ3n) is 3.80. The van der Waals surface area contributed by atoms with Crippen LogP contribution in [0.3, 0.4) is 0 Å². The second kappa shape index (κ2) is 6.68. The van der Waals surface area contributed by atoms with Gasteiger partial charge >= 0.3 is 0 Å². The van der Waals surface area contributed by atoms with E-state index < -0.39 is 21.9 Å². The molecule has 1 unspecified atom stereocenters. The molecular formula is C17H20FNO3S. The molecule has 6 heteroatoms. The van der Waals surface area contributed by atoms with Crippen LogP contribution < -0.4 is 9.46 Å². The Hall–Kier alpha value is -1.92. The topological polar surface area (TPSA) is 55.4 Å². The lowest BCUT2D eigenvalue weighted by atomic mass is 10.1. The number of rotatable bonds is 5. The first-order valence-corrected chi connectivity index (χ1v) is 8.66. The van der Waals surface area contributed by atoms with Crippen LogP contribution in [0, 0.1) is 19.7 Å². The zero-order chi connectivity index (χ0) is 17.2. The molecule has 0 aliphatic rings. The van der Waals surface area contributed by atoms with Crippen LogP contribution in [0.2, 0.25) is 0 Å². The highest BCUT2D eigenvalue weighted by molar-refractivity contribution is 7.89. The van der Waals surface area contributed by atoms with Gasteiger partial charge in [0.05, 0.1) is 12.0 Å². The van der Waals surface area contributed by atoms with Crippen molar-refractivity contribution in [2.75, 3.05) is 7.11 Å². The summed E-state index contributed by atoms with van der Waals surface area (Å²) in [5.41, 5.74) is 2.45.